The summed E-state index contributed by atoms with van der Waals surface area (Å²) in [5.41, 5.74) is 0.876. The van der Waals surface area contributed by atoms with Gasteiger partial charge in [0.25, 0.3) is 0 Å². The fraction of sp³-hybridized carbons (Fsp3) is 0.533. The van der Waals surface area contributed by atoms with Gasteiger partial charge >= 0.3 is 0 Å². The van der Waals surface area contributed by atoms with Crippen molar-refractivity contribution in [2.24, 2.45) is 5.92 Å². The first-order valence-electron chi connectivity index (χ1n) is 14.7. The van der Waals surface area contributed by atoms with Crippen LogP contribution in [0.15, 0.2) is 48.8 Å². The molecule has 3 aromatic rings. The minimum Gasteiger partial charge on any atom is -0.344 e. The van der Waals surface area contributed by atoms with Gasteiger partial charge in [0.2, 0.25) is 17.7 Å². The van der Waals surface area contributed by atoms with Crippen LogP contribution in [-0.2, 0) is 27.5 Å². The van der Waals surface area contributed by atoms with E-state index in [1.807, 2.05) is 77.0 Å². The Morgan fingerprint density at radius 3 is 2.62 bits per heavy atom. The number of carbonyl (C=O) groups is 3. The van der Waals surface area contributed by atoms with Crippen molar-refractivity contribution < 1.29 is 14.4 Å². The molecule has 12 heteroatoms. The average Bonchev–Trinajstić information content (AvgIpc) is 3.66. The molecule has 0 unspecified atom stereocenters. The Kier molecular flexibility index (Phi) is 11.6. The van der Waals surface area contributed by atoms with Crippen LogP contribution in [0.2, 0.25) is 0 Å². The monoisotopic (exact) mass is 594 g/mol. The molecule has 3 heterocycles. The lowest BCUT2D eigenvalue weighted by atomic mass is 10.0. The van der Waals surface area contributed by atoms with Crippen molar-refractivity contribution in [3.8, 4) is 11.4 Å². The van der Waals surface area contributed by atoms with Crippen LogP contribution in [0.25, 0.3) is 11.4 Å². The summed E-state index contributed by atoms with van der Waals surface area (Å²) in [7, 11) is 0. The Morgan fingerprint density at radius 2 is 1.90 bits per heavy atom. The Morgan fingerprint density at radius 1 is 1.10 bits per heavy atom. The third-order valence-electron chi connectivity index (χ3n) is 7.34. The molecule has 2 N–H and O–H groups in total. The van der Waals surface area contributed by atoms with Crippen LogP contribution in [0.4, 0.5) is 0 Å². The Hall–Kier alpha value is -3.67. The predicted octanol–water partition coefficient (Wildman–Crippen LogP) is 3.30. The van der Waals surface area contributed by atoms with Crippen LogP contribution in [0.3, 0.4) is 0 Å². The van der Waals surface area contributed by atoms with Gasteiger partial charge in [-0.1, -0.05) is 44.2 Å². The second-order valence-corrected chi connectivity index (χ2v) is 11.9. The number of hydrogen-bond acceptors (Lipinski definition) is 7. The molecule has 1 aromatic carbocycles. The smallest absolute Gasteiger partial charge is 0.243 e. The molecule has 0 fully saturated rings. The quantitative estimate of drug-likeness (QED) is 0.389. The van der Waals surface area contributed by atoms with E-state index in [0.717, 1.165) is 11.3 Å². The molecule has 42 heavy (non-hydrogen) atoms. The van der Waals surface area contributed by atoms with E-state index in [1.54, 1.807) is 18.0 Å². The molecular weight excluding hydrogens is 552 g/mol. The van der Waals surface area contributed by atoms with E-state index >= 15 is 0 Å². The van der Waals surface area contributed by atoms with Gasteiger partial charge < -0.3 is 15.5 Å². The molecule has 0 radical (unpaired) electrons. The van der Waals surface area contributed by atoms with Gasteiger partial charge in [0, 0.05) is 50.4 Å². The lowest BCUT2D eigenvalue weighted by Crippen LogP contribution is -2.49. The molecule has 1 aliphatic heterocycles. The lowest BCUT2D eigenvalue weighted by molar-refractivity contribution is -0.132. The Labute approximate surface area is 251 Å². The van der Waals surface area contributed by atoms with Crippen molar-refractivity contribution in [1.82, 2.24) is 40.1 Å². The maximum Gasteiger partial charge on any atom is 0.243 e. The van der Waals surface area contributed by atoms with Gasteiger partial charge in [-0.2, -0.15) is 22.0 Å². The molecule has 11 nitrogen and oxygen atoms in total. The van der Waals surface area contributed by atoms with Gasteiger partial charge in [-0.05, 0) is 43.3 Å². The van der Waals surface area contributed by atoms with E-state index in [1.165, 1.54) is 0 Å². The lowest BCUT2D eigenvalue weighted by Gasteiger charge is -2.28. The zero-order valence-electron chi connectivity index (χ0n) is 24.7. The van der Waals surface area contributed by atoms with Crippen LogP contribution in [-0.4, -0.2) is 78.3 Å². The highest BCUT2D eigenvalue weighted by molar-refractivity contribution is 7.98. The standard InChI is InChI=1S/C30H42N8O3S/c1-22(2)27-29-34-28(23-10-5-4-6-11-23)35-38(29)20-19-36(26(40)13-8-17-37-18-9-15-31-37)16-7-12-25(39)32-24(14-21-42-3)30(41)33-27/h4-6,9-11,15,18,22,24,27H,7-8,12-14,16-17,19-21H2,1-3H3,(H,32,39)(H,33,41)/t24-,27+/m0/s1. The Bertz CT molecular complexity index is 1300. The highest BCUT2D eigenvalue weighted by atomic mass is 32.2. The number of hydrogen-bond donors (Lipinski definition) is 2. The van der Waals surface area contributed by atoms with Gasteiger partial charge in [-0.15, -0.1) is 0 Å². The topological polar surface area (TPSA) is 127 Å². The fourth-order valence-corrected chi connectivity index (χ4v) is 5.47. The first-order chi connectivity index (χ1) is 20.4. The fourth-order valence-electron chi connectivity index (χ4n) is 5.00. The number of aromatic nitrogens is 5. The van der Waals surface area contributed by atoms with Crippen LogP contribution in [0, 0.1) is 5.92 Å². The maximum absolute atomic E-state index is 13.5. The minimum absolute atomic E-state index is 0.00496. The zero-order chi connectivity index (χ0) is 29.9. The van der Waals surface area contributed by atoms with Crippen molar-refractivity contribution in [2.75, 3.05) is 25.1 Å². The summed E-state index contributed by atoms with van der Waals surface area (Å²) in [6.45, 7) is 6.00. The van der Waals surface area contributed by atoms with E-state index in [9.17, 15) is 14.4 Å². The summed E-state index contributed by atoms with van der Waals surface area (Å²) in [6.07, 6.45) is 7.90. The van der Waals surface area contributed by atoms with Crippen LogP contribution < -0.4 is 10.6 Å². The molecule has 0 spiro atoms. The van der Waals surface area contributed by atoms with Crippen LogP contribution in [0.5, 0.6) is 0 Å². The molecule has 0 saturated carbocycles. The number of nitrogens with one attached hydrogen (secondary N) is 2. The molecule has 3 amide bonds. The third kappa shape index (κ3) is 8.67. The van der Waals surface area contributed by atoms with Crippen molar-refractivity contribution in [1.29, 1.82) is 0 Å². The minimum atomic E-state index is -0.654. The maximum atomic E-state index is 13.5. The molecule has 2 aromatic heterocycles. The molecule has 0 saturated heterocycles. The van der Waals surface area contributed by atoms with Gasteiger partial charge in [0.15, 0.2) is 11.6 Å². The second-order valence-electron chi connectivity index (χ2n) is 10.9. The van der Waals surface area contributed by atoms with E-state index in [4.69, 9.17) is 10.1 Å². The number of nitrogens with zero attached hydrogens (tertiary/aromatic N) is 6. The summed E-state index contributed by atoms with van der Waals surface area (Å²) in [5.74, 6) is 1.57. The average molecular weight is 595 g/mol. The van der Waals surface area contributed by atoms with Crippen LogP contribution in [0.1, 0.15) is 57.8 Å². The van der Waals surface area contributed by atoms with Crippen LogP contribution >= 0.6 is 11.8 Å². The summed E-state index contributed by atoms with van der Waals surface area (Å²) in [4.78, 5) is 46.5. The third-order valence-corrected chi connectivity index (χ3v) is 7.98. The van der Waals surface area contributed by atoms with E-state index in [-0.39, 0.29) is 30.1 Å². The highest BCUT2D eigenvalue weighted by Gasteiger charge is 2.30. The van der Waals surface area contributed by atoms with Gasteiger partial charge in [0.1, 0.15) is 6.04 Å². The molecule has 0 aliphatic carbocycles. The molecule has 2 atom stereocenters. The van der Waals surface area contributed by atoms with Gasteiger partial charge in [-0.3, -0.25) is 19.1 Å². The van der Waals surface area contributed by atoms with E-state index < -0.39 is 12.1 Å². The largest absolute Gasteiger partial charge is 0.344 e. The summed E-state index contributed by atoms with van der Waals surface area (Å²) >= 11 is 1.63. The van der Waals surface area contributed by atoms with E-state index in [0.29, 0.717) is 63.5 Å². The number of thioether (sulfide) groups is 1. The number of rotatable bonds is 9. The van der Waals surface area contributed by atoms with Crippen molar-refractivity contribution in [3.63, 3.8) is 0 Å². The molecular formula is C30H42N8O3S. The number of fused-ring (bicyclic) bond motifs is 1. The summed E-state index contributed by atoms with van der Waals surface area (Å²) in [5, 5.41) is 15.2. The first-order valence-corrected chi connectivity index (χ1v) is 16.1. The molecule has 1 aliphatic rings. The number of benzene rings is 1. The SMILES string of the molecule is CSCC[C@@H]1NC(=O)CCCN(C(=O)CCCn2cccn2)CCn2nc(-c3ccccc3)nc2[C@@H](C(C)C)NC1=O. The van der Waals surface area contributed by atoms with Crippen molar-refractivity contribution >= 4 is 29.5 Å². The molecule has 0 bridgehead atoms. The molecule has 4 rings (SSSR count). The van der Waals surface area contributed by atoms with Gasteiger partial charge in [-0.25, -0.2) is 9.67 Å². The number of amides is 3. The number of aryl methyl sites for hydroxylation is 1. The van der Waals surface area contributed by atoms with Crippen molar-refractivity contribution in [2.45, 2.75) is 71.1 Å². The first kappa shape index (κ1) is 31.3. The van der Waals surface area contributed by atoms with Gasteiger partial charge in [0.05, 0.1) is 12.6 Å². The second kappa shape index (κ2) is 15.5. The normalized spacial score (nSPS) is 18.7. The zero-order valence-corrected chi connectivity index (χ0v) is 25.6. The number of carbonyl (C=O) groups excluding carboxylic acids is 3. The highest BCUT2D eigenvalue weighted by Crippen LogP contribution is 2.25. The summed E-state index contributed by atoms with van der Waals surface area (Å²) in [6, 6.07) is 10.5. The molecule has 226 valence electrons. The predicted molar refractivity (Wildman–Crippen MR) is 163 cm³/mol. The summed E-state index contributed by atoms with van der Waals surface area (Å²) < 4.78 is 3.65. The Balaban J connectivity index is 1.62. The van der Waals surface area contributed by atoms with E-state index in [2.05, 4.69) is 15.7 Å². The van der Waals surface area contributed by atoms with Crippen molar-refractivity contribution in [3.05, 3.63) is 54.6 Å².